The van der Waals surface area contributed by atoms with Gasteiger partial charge in [0.2, 0.25) is 0 Å². The normalized spacial score (nSPS) is 12.5. The number of carboxylic acids is 1. The number of hydrogen-bond acceptors (Lipinski definition) is 3. The third-order valence-corrected chi connectivity index (χ3v) is 1.78. The number of hydrogen-bond donors (Lipinski definition) is 2. The SMILES string of the molecule is CC(CCCC(=O)O)C(=O)CN. The van der Waals surface area contributed by atoms with Crippen LogP contribution in [0.1, 0.15) is 26.2 Å². The van der Waals surface area contributed by atoms with Crippen LogP contribution in [0.25, 0.3) is 0 Å². The van der Waals surface area contributed by atoms with E-state index in [-0.39, 0.29) is 24.7 Å². The molecule has 1 unspecified atom stereocenters. The molecule has 0 saturated heterocycles. The lowest BCUT2D eigenvalue weighted by molar-refractivity contribution is -0.137. The Kier molecular flexibility index (Phi) is 5.28. The molecule has 0 rings (SSSR count). The van der Waals surface area contributed by atoms with Crippen LogP contribution in [-0.4, -0.2) is 23.4 Å². The fourth-order valence-electron chi connectivity index (χ4n) is 0.922. The molecule has 3 N–H and O–H groups in total. The van der Waals surface area contributed by atoms with E-state index in [1.807, 2.05) is 0 Å². The Morgan fingerprint density at radius 3 is 2.50 bits per heavy atom. The zero-order chi connectivity index (χ0) is 9.56. The molecular weight excluding hydrogens is 158 g/mol. The second kappa shape index (κ2) is 5.71. The third kappa shape index (κ3) is 4.85. The van der Waals surface area contributed by atoms with Crippen LogP contribution < -0.4 is 5.73 Å². The van der Waals surface area contributed by atoms with Crippen molar-refractivity contribution in [3.05, 3.63) is 0 Å². The summed E-state index contributed by atoms with van der Waals surface area (Å²) in [6.45, 7) is 1.82. The molecule has 0 aromatic heterocycles. The van der Waals surface area contributed by atoms with Crippen molar-refractivity contribution >= 4 is 11.8 Å². The van der Waals surface area contributed by atoms with Gasteiger partial charge in [-0.2, -0.15) is 0 Å². The molecule has 0 amide bonds. The monoisotopic (exact) mass is 173 g/mol. The minimum Gasteiger partial charge on any atom is -0.481 e. The number of carboxylic acid groups (broad SMARTS) is 1. The van der Waals surface area contributed by atoms with Gasteiger partial charge in [-0.15, -0.1) is 0 Å². The Morgan fingerprint density at radius 2 is 2.08 bits per heavy atom. The van der Waals surface area contributed by atoms with Gasteiger partial charge in [-0.1, -0.05) is 6.92 Å². The summed E-state index contributed by atoms with van der Waals surface area (Å²) in [6.07, 6.45) is 1.28. The van der Waals surface area contributed by atoms with Gasteiger partial charge in [0, 0.05) is 12.3 Å². The zero-order valence-electron chi connectivity index (χ0n) is 7.25. The van der Waals surface area contributed by atoms with E-state index in [0.717, 1.165) is 0 Å². The first-order valence-corrected chi connectivity index (χ1v) is 4.02. The van der Waals surface area contributed by atoms with Gasteiger partial charge < -0.3 is 10.8 Å². The number of ketones is 1. The molecule has 70 valence electrons. The van der Waals surface area contributed by atoms with E-state index in [9.17, 15) is 9.59 Å². The predicted molar refractivity (Wildman–Crippen MR) is 44.7 cm³/mol. The van der Waals surface area contributed by atoms with Gasteiger partial charge in [0.05, 0.1) is 6.54 Å². The topological polar surface area (TPSA) is 80.4 Å². The van der Waals surface area contributed by atoms with Crippen molar-refractivity contribution in [2.45, 2.75) is 26.2 Å². The number of aliphatic carboxylic acids is 1. The average molecular weight is 173 g/mol. The summed E-state index contributed by atoms with van der Waals surface area (Å²) in [5.74, 6) is -0.919. The number of carbonyl (C=O) groups excluding carboxylic acids is 1. The Hall–Kier alpha value is -0.900. The molecule has 4 nitrogen and oxygen atoms in total. The Morgan fingerprint density at radius 1 is 1.50 bits per heavy atom. The molecule has 0 radical (unpaired) electrons. The van der Waals surface area contributed by atoms with Gasteiger partial charge in [0.25, 0.3) is 0 Å². The molecule has 0 aromatic rings. The van der Waals surface area contributed by atoms with Gasteiger partial charge in [0.1, 0.15) is 5.78 Å². The summed E-state index contributed by atoms with van der Waals surface area (Å²) in [4.78, 5) is 21.0. The van der Waals surface area contributed by atoms with E-state index < -0.39 is 5.97 Å². The molecule has 0 saturated carbocycles. The van der Waals surface area contributed by atoms with Crippen molar-refractivity contribution in [1.29, 1.82) is 0 Å². The van der Waals surface area contributed by atoms with Gasteiger partial charge in [-0.3, -0.25) is 9.59 Å². The standard InChI is InChI=1S/C8H15NO3/c1-6(7(10)5-9)3-2-4-8(11)12/h6H,2-5,9H2,1H3,(H,11,12). The highest BCUT2D eigenvalue weighted by atomic mass is 16.4. The first-order valence-electron chi connectivity index (χ1n) is 4.02. The van der Waals surface area contributed by atoms with E-state index in [0.29, 0.717) is 12.8 Å². The van der Waals surface area contributed by atoms with Crippen molar-refractivity contribution in [2.75, 3.05) is 6.54 Å². The Bertz CT molecular complexity index is 168. The molecule has 0 spiro atoms. The molecular formula is C8H15NO3. The summed E-state index contributed by atoms with van der Waals surface area (Å²) in [7, 11) is 0. The fraction of sp³-hybridized carbons (Fsp3) is 0.750. The smallest absolute Gasteiger partial charge is 0.303 e. The second-order valence-corrected chi connectivity index (χ2v) is 2.86. The lowest BCUT2D eigenvalue weighted by Gasteiger charge is -2.06. The lowest BCUT2D eigenvalue weighted by Crippen LogP contribution is -2.21. The van der Waals surface area contributed by atoms with Crippen LogP contribution in [0.3, 0.4) is 0 Å². The van der Waals surface area contributed by atoms with Crippen LogP contribution in [0, 0.1) is 5.92 Å². The lowest BCUT2D eigenvalue weighted by atomic mass is 9.99. The van der Waals surface area contributed by atoms with Crippen LogP contribution in [-0.2, 0) is 9.59 Å². The van der Waals surface area contributed by atoms with E-state index in [1.165, 1.54) is 0 Å². The van der Waals surface area contributed by atoms with Gasteiger partial charge >= 0.3 is 5.97 Å². The molecule has 0 aromatic carbocycles. The maximum absolute atomic E-state index is 10.9. The van der Waals surface area contributed by atoms with E-state index in [1.54, 1.807) is 6.92 Å². The van der Waals surface area contributed by atoms with Crippen molar-refractivity contribution in [1.82, 2.24) is 0 Å². The highest BCUT2D eigenvalue weighted by Gasteiger charge is 2.10. The van der Waals surface area contributed by atoms with Crippen molar-refractivity contribution < 1.29 is 14.7 Å². The maximum Gasteiger partial charge on any atom is 0.303 e. The maximum atomic E-state index is 10.9. The first kappa shape index (κ1) is 11.1. The largest absolute Gasteiger partial charge is 0.481 e. The van der Waals surface area contributed by atoms with Crippen molar-refractivity contribution in [3.8, 4) is 0 Å². The van der Waals surface area contributed by atoms with Crippen LogP contribution in [0.4, 0.5) is 0 Å². The second-order valence-electron chi connectivity index (χ2n) is 2.86. The fourth-order valence-corrected chi connectivity index (χ4v) is 0.922. The van der Waals surface area contributed by atoms with Gasteiger partial charge in [-0.25, -0.2) is 0 Å². The highest BCUT2D eigenvalue weighted by Crippen LogP contribution is 2.08. The van der Waals surface area contributed by atoms with Gasteiger partial charge in [-0.05, 0) is 12.8 Å². The number of nitrogens with two attached hydrogens (primary N) is 1. The quantitative estimate of drug-likeness (QED) is 0.609. The third-order valence-electron chi connectivity index (χ3n) is 1.78. The highest BCUT2D eigenvalue weighted by molar-refractivity contribution is 5.82. The first-order chi connectivity index (χ1) is 5.57. The van der Waals surface area contributed by atoms with Gasteiger partial charge in [0.15, 0.2) is 0 Å². The summed E-state index contributed by atoms with van der Waals surface area (Å²) in [5, 5.41) is 8.31. The molecule has 12 heavy (non-hydrogen) atoms. The summed E-state index contributed by atoms with van der Waals surface area (Å²) in [6, 6.07) is 0. The van der Waals surface area contributed by atoms with E-state index >= 15 is 0 Å². The van der Waals surface area contributed by atoms with Crippen LogP contribution >= 0.6 is 0 Å². The van der Waals surface area contributed by atoms with Crippen LogP contribution in [0.2, 0.25) is 0 Å². The number of carbonyl (C=O) groups is 2. The summed E-state index contributed by atoms with van der Waals surface area (Å²) < 4.78 is 0. The molecule has 0 bridgehead atoms. The minimum absolute atomic E-state index is 0.000360. The molecule has 0 aliphatic carbocycles. The summed E-state index contributed by atoms with van der Waals surface area (Å²) >= 11 is 0. The van der Waals surface area contributed by atoms with Crippen molar-refractivity contribution in [2.24, 2.45) is 11.7 Å². The molecule has 0 heterocycles. The molecule has 0 aliphatic rings. The Labute approximate surface area is 71.8 Å². The van der Waals surface area contributed by atoms with E-state index in [4.69, 9.17) is 10.8 Å². The summed E-state index contributed by atoms with van der Waals surface area (Å²) in [5.41, 5.74) is 5.14. The molecule has 4 heteroatoms. The number of Topliss-reactive ketones (excluding diaryl/α,β-unsaturated/α-hetero) is 1. The molecule has 1 atom stereocenters. The van der Waals surface area contributed by atoms with Crippen molar-refractivity contribution in [3.63, 3.8) is 0 Å². The van der Waals surface area contributed by atoms with E-state index in [2.05, 4.69) is 0 Å². The Balaban J connectivity index is 3.50. The average Bonchev–Trinajstić information content (AvgIpc) is 2.02. The zero-order valence-corrected chi connectivity index (χ0v) is 7.25. The predicted octanol–water partition coefficient (Wildman–Crippen LogP) is 0.405. The number of rotatable bonds is 6. The molecule has 0 fully saturated rings. The van der Waals surface area contributed by atoms with Crippen LogP contribution in [0.5, 0.6) is 0 Å². The minimum atomic E-state index is -0.817. The van der Waals surface area contributed by atoms with Crippen LogP contribution in [0.15, 0.2) is 0 Å². The molecule has 0 aliphatic heterocycles.